The van der Waals surface area contributed by atoms with Crippen LogP contribution in [0.3, 0.4) is 0 Å². The van der Waals surface area contributed by atoms with E-state index in [2.05, 4.69) is 23.8 Å². The van der Waals surface area contributed by atoms with Crippen LogP contribution in [0.15, 0.2) is 17.3 Å². The van der Waals surface area contributed by atoms with Crippen molar-refractivity contribution in [1.29, 1.82) is 0 Å². The molecule has 1 aromatic rings. The van der Waals surface area contributed by atoms with Crippen molar-refractivity contribution in [1.82, 2.24) is 9.97 Å². The van der Waals surface area contributed by atoms with Crippen LogP contribution in [0.1, 0.15) is 13.8 Å². The third-order valence-corrected chi connectivity index (χ3v) is 2.57. The Kier molecular flexibility index (Phi) is 3.34. The predicted molar refractivity (Wildman–Crippen MR) is 52.0 cm³/mol. The number of hydrogen-bond donors (Lipinski definition) is 1. The molecule has 3 nitrogen and oxygen atoms in total. The van der Waals surface area contributed by atoms with Gasteiger partial charge in [0.25, 0.3) is 0 Å². The molecule has 12 heavy (non-hydrogen) atoms. The number of nitrogens with zero attached hydrogens (tertiary/aromatic N) is 2. The summed E-state index contributed by atoms with van der Waals surface area (Å²) in [4.78, 5) is 7.90. The van der Waals surface area contributed by atoms with E-state index in [1.165, 1.54) is 0 Å². The molecule has 0 amide bonds. The highest BCUT2D eigenvalue weighted by molar-refractivity contribution is 7.99. The number of nitrogen functional groups attached to an aromatic ring is 1. The first kappa shape index (κ1) is 9.32. The van der Waals surface area contributed by atoms with Crippen molar-refractivity contribution in [3.05, 3.63) is 12.3 Å². The van der Waals surface area contributed by atoms with Crippen molar-refractivity contribution >= 4 is 17.7 Å². The van der Waals surface area contributed by atoms with Gasteiger partial charge >= 0.3 is 0 Å². The molecule has 0 aliphatic heterocycles. The minimum Gasteiger partial charge on any atom is -0.368 e. The zero-order valence-corrected chi connectivity index (χ0v) is 8.14. The second-order valence-electron chi connectivity index (χ2n) is 2.96. The average Bonchev–Trinajstić information content (AvgIpc) is 2.01. The Morgan fingerprint density at radius 1 is 1.58 bits per heavy atom. The largest absolute Gasteiger partial charge is 0.368 e. The van der Waals surface area contributed by atoms with E-state index in [0.717, 1.165) is 10.8 Å². The summed E-state index contributed by atoms with van der Waals surface area (Å²) in [5.74, 6) is 2.09. The Balaban J connectivity index is 2.52. The average molecular weight is 183 g/mol. The third kappa shape index (κ3) is 3.09. The van der Waals surface area contributed by atoms with E-state index < -0.39 is 0 Å². The quantitative estimate of drug-likeness (QED) is 0.573. The van der Waals surface area contributed by atoms with Gasteiger partial charge in [-0.15, -0.1) is 11.8 Å². The highest BCUT2D eigenvalue weighted by atomic mass is 32.2. The standard InChI is InChI=1S/C8H13N3S/c1-6(2)5-12-7-3-4-10-8(9)11-7/h3-4,6H,5H2,1-2H3,(H2,9,10,11). The maximum atomic E-state index is 5.43. The first-order chi connectivity index (χ1) is 5.68. The van der Waals surface area contributed by atoms with E-state index in [1.54, 1.807) is 18.0 Å². The normalized spacial score (nSPS) is 10.6. The van der Waals surface area contributed by atoms with E-state index in [0.29, 0.717) is 11.9 Å². The molecular weight excluding hydrogens is 170 g/mol. The molecule has 0 atom stereocenters. The van der Waals surface area contributed by atoms with Crippen LogP contribution in [0, 0.1) is 5.92 Å². The number of nitrogens with two attached hydrogens (primary N) is 1. The number of rotatable bonds is 3. The lowest BCUT2D eigenvalue weighted by Gasteiger charge is -2.02. The molecule has 1 heterocycles. The van der Waals surface area contributed by atoms with Crippen LogP contribution in [0.2, 0.25) is 0 Å². The zero-order chi connectivity index (χ0) is 8.97. The van der Waals surface area contributed by atoms with Gasteiger partial charge in [0.2, 0.25) is 5.95 Å². The Morgan fingerprint density at radius 2 is 2.33 bits per heavy atom. The number of thioether (sulfide) groups is 1. The summed E-state index contributed by atoms with van der Waals surface area (Å²) in [6.45, 7) is 4.36. The van der Waals surface area contributed by atoms with Crippen LogP contribution in [0.5, 0.6) is 0 Å². The van der Waals surface area contributed by atoms with Crippen LogP contribution in [-0.4, -0.2) is 15.7 Å². The highest BCUT2D eigenvalue weighted by Gasteiger charge is 1.98. The second-order valence-corrected chi connectivity index (χ2v) is 4.00. The Bertz CT molecular complexity index is 250. The zero-order valence-electron chi connectivity index (χ0n) is 7.32. The number of anilines is 1. The van der Waals surface area contributed by atoms with Crippen molar-refractivity contribution in [2.45, 2.75) is 18.9 Å². The molecule has 0 aromatic carbocycles. The van der Waals surface area contributed by atoms with E-state index in [1.807, 2.05) is 6.07 Å². The van der Waals surface area contributed by atoms with Crippen LogP contribution in [-0.2, 0) is 0 Å². The molecule has 0 radical (unpaired) electrons. The van der Waals surface area contributed by atoms with Gasteiger partial charge in [-0.2, -0.15) is 0 Å². The summed E-state index contributed by atoms with van der Waals surface area (Å²) >= 11 is 1.71. The highest BCUT2D eigenvalue weighted by Crippen LogP contribution is 2.17. The van der Waals surface area contributed by atoms with Gasteiger partial charge in [-0.25, -0.2) is 9.97 Å². The third-order valence-electron chi connectivity index (χ3n) is 1.21. The molecule has 2 N–H and O–H groups in total. The predicted octanol–water partition coefficient (Wildman–Crippen LogP) is 1.81. The van der Waals surface area contributed by atoms with E-state index in [-0.39, 0.29) is 0 Å². The molecule has 1 aromatic heterocycles. The lowest BCUT2D eigenvalue weighted by Crippen LogP contribution is -1.96. The van der Waals surface area contributed by atoms with Gasteiger partial charge in [-0.3, -0.25) is 0 Å². The summed E-state index contributed by atoms with van der Waals surface area (Å²) in [6, 6.07) is 1.88. The topological polar surface area (TPSA) is 51.8 Å². The first-order valence-corrected chi connectivity index (χ1v) is 4.88. The number of aromatic nitrogens is 2. The molecule has 0 aliphatic carbocycles. The van der Waals surface area contributed by atoms with Crippen LogP contribution < -0.4 is 5.73 Å². The molecule has 1 rings (SSSR count). The van der Waals surface area contributed by atoms with Crippen molar-refractivity contribution in [3.8, 4) is 0 Å². The minimum atomic E-state index is 0.351. The van der Waals surface area contributed by atoms with Crippen LogP contribution >= 0.6 is 11.8 Å². The number of hydrogen-bond acceptors (Lipinski definition) is 4. The maximum Gasteiger partial charge on any atom is 0.221 e. The fourth-order valence-corrected chi connectivity index (χ4v) is 1.51. The summed E-state index contributed by atoms with van der Waals surface area (Å²) in [5.41, 5.74) is 5.43. The maximum absolute atomic E-state index is 5.43. The van der Waals surface area contributed by atoms with Gasteiger partial charge in [-0.05, 0) is 12.0 Å². The Labute approximate surface area is 76.8 Å². The summed E-state index contributed by atoms with van der Waals surface area (Å²) in [6.07, 6.45) is 1.69. The second kappa shape index (κ2) is 4.30. The Morgan fingerprint density at radius 3 is 2.92 bits per heavy atom. The van der Waals surface area contributed by atoms with Crippen molar-refractivity contribution < 1.29 is 0 Å². The van der Waals surface area contributed by atoms with Gasteiger partial charge < -0.3 is 5.73 Å². The van der Waals surface area contributed by atoms with Crippen LogP contribution in [0.4, 0.5) is 5.95 Å². The monoisotopic (exact) mass is 183 g/mol. The molecule has 0 saturated heterocycles. The van der Waals surface area contributed by atoms with Crippen molar-refractivity contribution in [2.24, 2.45) is 5.92 Å². The van der Waals surface area contributed by atoms with Gasteiger partial charge in [0.1, 0.15) is 5.03 Å². The van der Waals surface area contributed by atoms with E-state index in [4.69, 9.17) is 5.73 Å². The first-order valence-electron chi connectivity index (χ1n) is 3.90. The molecule has 0 unspecified atom stereocenters. The SMILES string of the molecule is CC(C)CSc1ccnc(N)n1. The lowest BCUT2D eigenvalue weighted by molar-refractivity contribution is 0.749. The molecule has 66 valence electrons. The Hall–Kier alpha value is -0.770. The summed E-state index contributed by atoms with van der Waals surface area (Å²) < 4.78 is 0. The fraction of sp³-hybridized carbons (Fsp3) is 0.500. The molecule has 0 spiro atoms. The molecule has 0 saturated carbocycles. The molecule has 0 aliphatic rings. The molecule has 0 fully saturated rings. The lowest BCUT2D eigenvalue weighted by atomic mass is 10.3. The minimum absolute atomic E-state index is 0.351. The molecular formula is C8H13N3S. The van der Waals surface area contributed by atoms with Crippen molar-refractivity contribution in [2.75, 3.05) is 11.5 Å². The van der Waals surface area contributed by atoms with Crippen molar-refractivity contribution in [3.63, 3.8) is 0 Å². The smallest absolute Gasteiger partial charge is 0.221 e. The van der Waals surface area contributed by atoms with Crippen LogP contribution in [0.25, 0.3) is 0 Å². The fourth-order valence-electron chi connectivity index (χ4n) is 0.689. The molecule has 4 heteroatoms. The van der Waals surface area contributed by atoms with Gasteiger partial charge in [0.05, 0.1) is 0 Å². The van der Waals surface area contributed by atoms with Gasteiger partial charge in [0.15, 0.2) is 0 Å². The van der Waals surface area contributed by atoms with E-state index >= 15 is 0 Å². The summed E-state index contributed by atoms with van der Waals surface area (Å²) in [5, 5.41) is 0.955. The summed E-state index contributed by atoms with van der Waals surface area (Å²) in [7, 11) is 0. The van der Waals surface area contributed by atoms with E-state index in [9.17, 15) is 0 Å². The van der Waals surface area contributed by atoms with Gasteiger partial charge in [0, 0.05) is 11.9 Å². The molecule has 0 bridgehead atoms. The van der Waals surface area contributed by atoms with Gasteiger partial charge in [-0.1, -0.05) is 13.8 Å².